The summed E-state index contributed by atoms with van der Waals surface area (Å²) in [4.78, 5) is 47.3. The molecule has 0 aromatic heterocycles. The van der Waals surface area contributed by atoms with Gasteiger partial charge < -0.3 is 31.1 Å². The van der Waals surface area contributed by atoms with Gasteiger partial charge in [0.1, 0.15) is 11.6 Å². The van der Waals surface area contributed by atoms with Crippen LogP contribution in [0.2, 0.25) is 5.02 Å². The van der Waals surface area contributed by atoms with Crippen LogP contribution in [0.1, 0.15) is 29.5 Å². The third-order valence-electron chi connectivity index (χ3n) is 9.25. The lowest BCUT2D eigenvalue weighted by Gasteiger charge is -2.44. The number of carbonyl (C=O) groups is 3. The second-order valence-electron chi connectivity index (χ2n) is 11.9. The molecule has 2 fully saturated rings. The van der Waals surface area contributed by atoms with Crippen LogP contribution in [0.4, 0.5) is 5.69 Å². The topological polar surface area (TPSA) is 111 Å². The number of fused-ring (bicyclic) bond motifs is 1. The van der Waals surface area contributed by atoms with E-state index in [1.165, 1.54) is 5.56 Å². The van der Waals surface area contributed by atoms with Crippen molar-refractivity contribution < 1.29 is 14.4 Å². The number of likely N-dealkylation sites (tertiary alicyclic amines) is 1. The monoisotopic (exact) mass is 614 g/mol. The Morgan fingerprint density at radius 2 is 1.66 bits per heavy atom. The predicted molar refractivity (Wildman–Crippen MR) is 171 cm³/mol. The van der Waals surface area contributed by atoms with Crippen LogP contribution in [-0.2, 0) is 33.8 Å². The summed E-state index contributed by atoms with van der Waals surface area (Å²) in [5.74, 6) is -0.276. The molecule has 3 aromatic rings. The molecule has 6 rings (SSSR count). The molecular formula is C34H39ClN6O3. The van der Waals surface area contributed by atoms with Crippen LogP contribution in [0.5, 0.6) is 0 Å². The lowest BCUT2D eigenvalue weighted by molar-refractivity contribution is -0.141. The molecule has 0 bridgehead atoms. The van der Waals surface area contributed by atoms with E-state index in [0.29, 0.717) is 70.1 Å². The minimum atomic E-state index is -0.755. The summed E-state index contributed by atoms with van der Waals surface area (Å²) in [6.45, 7) is 2.77. The zero-order valence-corrected chi connectivity index (χ0v) is 25.5. The number of anilines is 1. The number of nitrogens with two attached hydrogens (primary N) is 1. The van der Waals surface area contributed by atoms with Gasteiger partial charge >= 0.3 is 0 Å². The van der Waals surface area contributed by atoms with Crippen molar-refractivity contribution in [3.05, 3.63) is 101 Å². The Morgan fingerprint density at radius 1 is 0.977 bits per heavy atom. The van der Waals surface area contributed by atoms with Crippen molar-refractivity contribution in [2.24, 2.45) is 5.73 Å². The fourth-order valence-electron chi connectivity index (χ4n) is 6.81. The SMILES string of the molecule is NCCN1CN(c2ccccc2)C2(CCN(C(=O)[C@@H](Cc3ccc(Cl)cc3)NC(=O)[C@H]3Cc4ccccc4CN3)CC2)C1=O. The van der Waals surface area contributed by atoms with Crippen LogP contribution in [0.3, 0.4) is 0 Å². The average molecular weight is 615 g/mol. The summed E-state index contributed by atoms with van der Waals surface area (Å²) in [7, 11) is 0. The molecule has 10 heteroatoms. The molecule has 0 aliphatic carbocycles. The van der Waals surface area contributed by atoms with E-state index in [9.17, 15) is 14.4 Å². The molecule has 2 saturated heterocycles. The Balaban J connectivity index is 1.19. The highest BCUT2D eigenvalue weighted by atomic mass is 35.5. The van der Waals surface area contributed by atoms with E-state index in [1.807, 2.05) is 65.6 Å². The number of para-hydroxylation sites is 1. The summed E-state index contributed by atoms with van der Waals surface area (Å²) in [5.41, 5.74) is 9.32. The first-order valence-corrected chi connectivity index (χ1v) is 15.7. The normalized spacial score (nSPS) is 20.0. The molecular weight excluding hydrogens is 576 g/mol. The summed E-state index contributed by atoms with van der Waals surface area (Å²) < 4.78 is 0. The van der Waals surface area contributed by atoms with Gasteiger partial charge in [-0.15, -0.1) is 0 Å². The Hall–Kier alpha value is -3.92. The molecule has 1 spiro atoms. The molecule has 0 radical (unpaired) electrons. The Bertz CT molecular complexity index is 1490. The minimum Gasteiger partial charge on any atom is -0.343 e. The van der Waals surface area contributed by atoms with Gasteiger partial charge in [0, 0.05) is 49.9 Å². The van der Waals surface area contributed by atoms with Gasteiger partial charge in [-0.2, -0.15) is 0 Å². The number of rotatable bonds is 8. The van der Waals surface area contributed by atoms with Crippen LogP contribution in [0, 0.1) is 0 Å². The molecule has 3 heterocycles. The van der Waals surface area contributed by atoms with Crippen LogP contribution in [-0.4, -0.2) is 78.0 Å². The number of piperidine rings is 1. The van der Waals surface area contributed by atoms with Gasteiger partial charge in [0.15, 0.2) is 0 Å². The molecule has 0 saturated carbocycles. The third kappa shape index (κ3) is 6.04. The minimum absolute atomic E-state index is 0.0635. The molecule has 0 unspecified atom stereocenters. The predicted octanol–water partition coefficient (Wildman–Crippen LogP) is 2.71. The maximum Gasteiger partial charge on any atom is 0.250 e. The lowest BCUT2D eigenvalue weighted by Crippen LogP contribution is -2.60. The lowest BCUT2D eigenvalue weighted by atomic mass is 9.85. The summed E-state index contributed by atoms with van der Waals surface area (Å²) in [6, 6.07) is 24.2. The van der Waals surface area contributed by atoms with Crippen LogP contribution in [0.15, 0.2) is 78.9 Å². The smallest absolute Gasteiger partial charge is 0.250 e. The van der Waals surface area contributed by atoms with Gasteiger partial charge in [0.25, 0.3) is 0 Å². The van der Waals surface area contributed by atoms with Crippen molar-refractivity contribution in [3.8, 4) is 0 Å². The zero-order chi connectivity index (χ0) is 30.7. The highest BCUT2D eigenvalue weighted by molar-refractivity contribution is 6.30. The summed E-state index contributed by atoms with van der Waals surface area (Å²) in [6.07, 6.45) is 1.89. The van der Waals surface area contributed by atoms with E-state index < -0.39 is 17.6 Å². The first-order valence-electron chi connectivity index (χ1n) is 15.3. The van der Waals surface area contributed by atoms with Crippen LogP contribution >= 0.6 is 11.6 Å². The maximum atomic E-state index is 14.1. The second-order valence-corrected chi connectivity index (χ2v) is 12.4. The largest absolute Gasteiger partial charge is 0.343 e. The molecule has 3 aliphatic heterocycles. The van der Waals surface area contributed by atoms with Crippen molar-refractivity contribution in [1.29, 1.82) is 0 Å². The molecule has 4 N–H and O–H groups in total. The van der Waals surface area contributed by atoms with E-state index in [-0.39, 0.29) is 17.7 Å². The number of nitrogens with zero attached hydrogens (tertiary/aromatic N) is 3. The molecule has 2 atom stereocenters. The van der Waals surface area contributed by atoms with Crippen molar-refractivity contribution in [3.63, 3.8) is 0 Å². The first kappa shape index (κ1) is 30.1. The van der Waals surface area contributed by atoms with Gasteiger partial charge in [0.05, 0.1) is 12.7 Å². The number of hydrogen-bond donors (Lipinski definition) is 3. The van der Waals surface area contributed by atoms with E-state index in [0.717, 1.165) is 16.8 Å². The van der Waals surface area contributed by atoms with Gasteiger partial charge in [-0.3, -0.25) is 14.4 Å². The van der Waals surface area contributed by atoms with Gasteiger partial charge in [-0.25, -0.2) is 0 Å². The molecule has 3 aromatic carbocycles. The van der Waals surface area contributed by atoms with Crippen molar-refractivity contribution in [2.45, 2.75) is 49.9 Å². The standard InChI is InChI=1S/C34H39ClN6O3/c35-27-12-10-24(11-13-27)20-30(38-31(42)29-21-25-6-4-5-7-26(25)22-37-29)32(43)39-17-14-34(15-18-39)33(44)40(19-16-36)23-41(34)28-8-2-1-3-9-28/h1-13,29-30,37H,14-23,36H2,(H,38,42)/t29-,30-/m1/s1. The van der Waals surface area contributed by atoms with Crippen molar-refractivity contribution in [2.75, 3.05) is 37.7 Å². The molecule has 3 aliphatic rings. The van der Waals surface area contributed by atoms with E-state index in [1.54, 1.807) is 17.0 Å². The molecule has 230 valence electrons. The van der Waals surface area contributed by atoms with E-state index >= 15 is 0 Å². The van der Waals surface area contributed by atoms with Crippen molar-refractivity contribution >= 4 is 35.0 Å². The van der Waals surface area contributed by atoms with E-state index in [2.05, 4.69) is 21.6 Å². The number of hydrogen-bond acceptors (Lipinski definition) is 6. The molecule has 44 heavy (non-hydrogen) atoms. The van der Waals surface area contributed by atoms with E-state index in [4.69, 9.17) is 17.3 Å². The summed E-state index contributed by atoms with van der Waals surface area (Å²) >= 11 is 6.12. The van der Waals surface area contributed by atoms with Crippen LogP contribution in [0.25, 0.3) is 0 Å². The van der Waals surface area contributed by atoms with Gasteiger partial charge in [-0.05, 0) is 60.2 Å². The van der Waals surface area contributed by atoms with Crippen LogP contribution < -0.4 is 21.3 Å². The number of amides is 3. The Labute approximate surface area is 263 Å². The number of benzene rings is 3. The zero-order valence-electron chi connectivity index (χ0n) is 24.8. The van der Waals surface area contributed by atoms with Gasteiger partial charge in [-0.1, -0.05) is 66.2 Å². The molecule has 3 amide bonds. The third-order valence-corrected chi connectivity index (χ3v) is 9.50. The fraction of sp³-hybridized carbons (Fsp3) is 0.382. The number of carbonyl (C=O) groups excluding carboxylic acids is 3. The quantitative estimate of drug-likeness (QED) is 0.360. The number of halogens is 1. The highest BCUT2D eigenvalue weighted by Crippen LogP contribution is 2.39. The average Bonchev–Trinajstić information content (AvgIpc) is 3.32. The maximum absolute atomic E-state index is 14.1. The Kier molecular flexibility index (Phi) is 8.88. The first-order chi connectivity index (χ1) is 21.4. The Morgan fingerprint density at radius 3 is 2.36 bits per heavy atom. The molecule has 9 nitrogen and oxygen atoms in total. The summed E-state index contributed by atoms with van der Waals surface area (Å²) in [5, 5.41) is 7.02. The highest BCUT2D eigenvalue weighted by Gasteiger charge is 2.54. The van der Waals surface area contributed by atoms with Crippen molar-refractivity contribution in [1.82, 2.24) is 20.4 Å². The second kappa shape index (κ2) is 13.0. The van der Waals surface area contributed by atoms with Gasteiger partial charge in [0.2, 0.25) is 17.7 Å². The fourth-order valence-corrected chi connectivity index (χ4v) is 6.94. The number of nitrogens with one attached hydrogen (secondary N) is 2.